The van der Waals surface area contributed by atoms with E-state index in [9.17, 15) is 9.90 Å². The molecular formula is C29H26N2O5. The van der Waals surface area contributed by atoms with Crippen LogP contribution in [0.25, 0.3) is 22.6 Å². The molecule has 0 saturated carbocycles. The lowest BCUT2D eigenvalue weighted by atomic mass is 10.2. The molecule has 36 heavy (non-hydrogen) atoms. The number of aromatic nitrogens is 2. The van der Waals surface area contributed by atoms with Gasteiger partial charge in [-0.15, -0.1) is 0 Å². The molecule has 0 aliphatic heterocycles. The van der Waals surface area contributed by atoms with Crippen molar-refractivity contribution in [2.45, 2.75) is 27.1 Å². The highest BCUT2D eigenvalue weighted by atomic mass is 16.5. The third-order valence-corrected chi connectivity index (χ3v) is 5.15. The van der Waals surface area contributed by atoms with Crippen LogP contribution in [0, 0.1) is 0 Å². The number of ether oxygens (including phenoxy) is 2. The second-order valence-corrected chi connectivity index (χ2v) is 7.56. The van der Waals surface area contributed by atoms with Gasteiger partial charge in [0.05, 0.1) is 11.1 Å². The molecule has 182 valence electrons. The molecule has 0 bridgehead atoms. The van der Waals surface area contributed by atoms with Gasteiger partial charge in [-0.3, -0.25) is 0 Å². The van der Waals surface area contributed by atoms with Gasteiger partial charge in [0.25, 0.3) is 0 Å². The number of benzene rings is 3. The van der Waals surface area contributed by atoms with Gasteiger partial charge in [0, 0.05) is 6.07 Å². The Kier molecular flexibility index (Phi) is 7.93. The summed E-state index contributed by atoms with van der Waals surface area (Å²) in [5.41, 5.74) is 3.57. The van der Waals surface area contributed by atoms with Crippen molar-refractivity contribution >= 4 is 17.1 Å². The predicted molar refractivity (Wildman–Crippen MR) is 137 cm³/mol. The molecule has 0 amide bonds. The fraction of sp³-hybridized carbons (Fsp3) is 0.138. The van der Waals surface area contributed by atoms with Crippen molar-refractivity contribution in [2.75, 3.05) is 0 Å². The number of fused-ring (bicyclic) bond motifs is 1. The normalized spacial score (nSPS) is 10.4. The van der Waals surface area contributed by atoms with Crippen LogP contribution in [0.3, 0.4) is 0 Å². The van der Waals surface area contributed by atoms with Crippen LogP contribution in [0.2, 0.25) is 0 Å². The van der Waals surface area contributed by atoms with Crippen LogP contribution in [0.5, 0.6) is 11.8 Å². The van der Waals surface area contributed by atoms with Crippen LogP contribution in [0.15, 0.2) is 95.4 Å². The van der Waals surface area contributed by atoms with Gasteiger partial charge in [-0.2, -0.15) is 4.98 Å². The molecule has 5 aromatic rings. The van der Waals surface area contributed by atoms with Gasteiger partial charge in [0.2, 0.25) is 17.7 Å². The topological polar surface area (TPSA) is 94.7 Å². The molecule has 2 aromatic heterocycles. The summed E-state index contributed by atoms with van der Waals surface area (Å²) in [4.78, 5) is 20.3. The highest BCUT2D eigenvalue weighted by Crippen LogP contribution is 2.33. The number of carbonyl (C=O) groups is 1. The summed E-state index contributed by atoms with van der Waals surface area (Å²) in [6, 6.07) is 27.6. The van der Waals surface area contributed by atoms with E-state index in [1.54, 1.807) is 18.2 Å². The first kappa shape index (κ1) is 24.5. The number of nitrogens with zero attached hydrogens (tertiary/aromatic N) is 2. The average Bonchev–Trinajstić information content (AvgIpc) is 3.36. The molecule has 3 aromatic carbocycles. The summed E-state index contributed by atoms with van der Waals surface area (Å²) in [5.74, 6) is -0.0459. The lowest BCUT2D eigenvalue weighted by molar-refractivity contribution is 0.0697. The number of carboxylic acid groups (broad SMARTS) is 1. The molecule has 5 rings (SSSR count). The molecule has 7 nitrogen and oxygen atoms in total. The average molecular weight is 483 g/mol. The Morgan fingerprint density at radius 2 is 1.44 bits per heavy atom. The first-order valence-corrected chi connectivity index (χ1v) is 11.6. The summed E-state index contributed by atoms with van der Waals surface area (Å²) in [6.07, 6.45) is 0. The molecule has 0 atom stereocenters. The standard InChI is InChI=1S/C27H20N2O5.C2H6/c30-27(31)20-11-13-22-23(15-20)34-26(28-22)21-12-14-24(32-16-18-7-3-1-4-8-18)29-25(21)33-17-19-9-5-2-6-10-19;1-2/h1-15H,16-17H2,(H,30,31);1-2H3. The van der Waals surface area contributed by atoms with Crippen LogP contribution >= 0.6 is 0 Å². The lowest BCUT2D eigenvalue weighted by Gasteiger charge is -2.11. The van der Waals surface area contributed by atoms with E-state index in [1.807, 2.05) is 74.5 Å². The molecule has 0 spiro atoms. The molecule has 0 fully saturated rings. The van der Waals surface area contributed by atoms with Crippen molar-refractivity contribution in [1.82, 2.24) is 9.97 Å². The molecule has 0 saturated heterocycles. The summed E-state index contributed by atoms with van der Waals surface area (Å²) in [5, 5.41) is 9.25. The summed E-state index contributed by atoms with van der Waals surface area (Å²) < 4.78 is 17.8. The van der Waals surface area contributed by atoms with E-state index in [1.165, 1.54) is 12.1 Å². The van der Waals surface area contributed by atoms with E-state index in [-0.39, 0.29) is 11.5 Å². The van der Waals surface area contributed by atoms with Gasteiger partial charge < -0.3 is 19.0 Å². The highest BCUT2D eigenvalue weighted by molar-refractivity contribution is 5.92. The zero-order valence-electron chi connectivity index (χ0n) is 20.0. The second-order valence-electron chi connectivity index (χ2n) is 7.56. The van der Waals surface area contributed by atoms with E-state index in [2.05, 4.69) is 9.97 Å². The predicted octanol–water partition coefficient (Wildman–Crippen LogP) is 6.77. The second kappa shape index (κ2) is 11.7. The van der Waals surface area contributed by atoms with Crippen LogP contribution < -0.4 is 9.47 Å². The maximum absolute atomic E-state index is 11.3. The van der Waals surface area contributed by atoms with Gasteiger partial charge in [0.1, 0.15) is 18.7 Å². The minimum atomic E-state index is -1.03. The number of rotatable bonds is 8. The molecule has 0 aliphatic carbocycles. The maximum atomic E-state index is 11.3. The molecule has 1 N–H and O–H groups in total. The van der Waals surface area contributed by atoms with Gasteiger partial charge in [-0.1, -0.05) is 74.5 Å². The van der Waals surface area contributed by atoms with Crippen LogP contribution in [0.1, 0.15) is 35.3 Å². The van der Waals surface area contributed by atoms with E-state index >= 15 is 0 Å². The van der Waals surface area contributed by atoms with Crippen LogP contribution in [-0.2, 0) is 13.2 Å². The van der Waals surface area contributed by atoms with E-state index in [0.29, 0.717) is 41.6 Å². The lowest BCUT2D eigenvalue weighted by Crippen LogP contribution is -2.02. The molecular weight excluding hydrogens is 456 g/mol. The van der Waals surface area contributed by atoms with Crippen molar-refractivity contribution < 1.29 is 23.8 Å². The van der Waals surface area contributed by atoms with Crippen molar-refractivity contribution in [3.63, 3.8) is 0 Å². The van der Waals surface area contributed by atoms with E-state index in [4.69, 9.17) is 13.9 Å². The monoisotopic (exact) mass is 482 g/mol. The van der Waals surface area contributed by atoms with Gasteiger partial charge >= 0.3 is 5.97 Å². The Morgan fingerprint density at radius 3 is 2.08 bits per heavy atom. The minimum absolute atomic E-state index is 0.124. The van der Waals surface area contributed by atoms with Crippen molar-refractivity contribution in [2.24, 2.45) is 0 Å². The Labute approximate surface area is 209 Å². The fourth-order valence-electron chi connectivity index (χ4n) is 3.41. The Hall–Kier alpha value is -4.65. The third-order valence-electron chi connectivity index (χ3n) is 5.15. The fourth-order valence-corrected chi connectivity index (χ4v) is 3.41. The van der Waals surface area contributed by atoms with Crippen molar-refractivity contribution in [3.05, 3.63) is 108 Å². The maximum Gasteiger partial charge on any atom is 0.335 e. The Balaban J connectivity index is 0.00000148. The highest BCUT2D eigenvalue weighted by Gasteiger charge is 2.18. The number of hydrogen-bond donors (Lipinski definition) is 1. The Bertz CT molecular complexity index is 1430. The summed E-state index contributed by atoms with van der Waals surface area (Å²) in [6.45, 7) is 4.67. The number of hydrogen-bond acceptors (Lipinski definition) is 6. The molecule has 0 radical (unpaired) electrons. The summed E-state index contributed by atoms with van der Waals surface area (Å²) in [7, 11) is 0. The molecule has 2 heterocycles. The first-order valence-electron chi connectivity index (χ1n) is 11.6. The smallest absolute Gasteiger partial charge is 0.335 e. The zero-order chi connectivity index (χ0) is 25.3. The quantitative estimate of drug-likeness (QED) is 0.261. The zero-order valence-corrected chi connectivity index (χ0v) is 20.0. The summed E-state index contributed by atoms with van der Waals surface area (Å²) >= 11 is 0. The van der Waals surface area contributed by atoms with Crippen molar-refractivity contribution in [3.8, 4) is 23.2 Å². The van der Waals surface area contributed by atoms with Gasteiger partial charge in [-0.25, -0.2) is 9.78 Å². The number of pyridine rings is 1. The molecule has 0 unspecified atom stereocenters. The van der Waals surface area contributed by atoms with Crippen molar-refractivity contribution in [1.29, 1.82) is 0 Å². The van der Waals surface area contributed by atoms with E-state index in [0.717, 1.165) is 11.1 Å². The van der Waals surface area contributed by atoms with Crippen LogP contribution in [0.4, 0.5) is 0 Å². The minimum Gasteiger partial charge on any atom is -0.478 e. The molecule has 7 heteroatoms. The number of carboxylic acids is 1. The first-order chi connectivity index (χ1) is 17.7. The van der Waals surface area contributed by atoms with Gasteiger partial charge in [0.15, 0.2) is 5.58 Å². The number of aromatic carboxylic acids is 1. The van der Waals surface area contributed by atoms with E-state index < -0.39 is 5.97 Å². The molecule has 0 aliphatic rings. The van der Waals surface area contributed by atoms with Gasteiger partial charge in [-0.05, 0) is 35.4 Å². The number of oxazole rings is 1. The largest absolute Gasteiger partial charge is 0.478 e. The SMILES string of the molecule is CC.O=C(O)c1ccc2nc(-c3ccc(OCc4ccccc4)nc3OCc3ccccc3)oc2c1. The third kappa shape index (κ3) is 5.88. The van der Waals surface area contributed by atoms with Crippen LogP contribution in [-0.4, -0.2) is 21.0 Å². The Morgan fingerprint density at radius 1 is 0.806 bits per heavy atom.